The van der Waals surface area contributed by atoms with Gasteiger partial charge in [-0.3, -0.25) is 4.79 Å². The Balaban J connectivity index is 2.72. The van der Waals surface area contributed by atoms with E-state index in [1.54, 1.807) is 24.3 Å². The monoisotopic (exact) mass is 207 g/mol. The topological polar surface area (TPSA) is 114 Å². The highest BCUT2D eigenvalue weighted by Gasteiger charge is 2.11. The van der Waals surface area contributed by atoms with Crippen LogP contribution in [0.4, 0.5) is 5.69 Å². The largest absolute Gasteiger partial charge is 0.480 e. The third kappa shape index (κ3) is 3.30. The van der Waals surface area contributed by atoms with Gasteiger partial charge in [0.1, 0.15) is 11.6 Å². The molecule has 0 aliphatic heterocycles. The number of rotatable bonds is 4. The molecule has 6 nitrogen and oxygen atoms in total. The van der Waals surface area contributed by atoms with Crippen LogP contribution in [0.25, 0.3) is 0 Å². The van der Waals surface area contributed by atoms with E-state index in [2.05, 4.69) is 10.0 Å². The summed E-state index contributed by atoms with van der Waals surface area (Å²) in [6.45, 7) is 0. The van der Waals surface area contributed by atoms with Crippen LogP contribution in [0, 0.1) is 5.53 Å². The van der Waals surface area contributed by atoms with E-state index >= 15 is 0 Å². The van der Waals surface area contributed by atoms with Crippen molar-refractivity contribution in [3.05, 3.63) is 29.8 Å². The van der Waals surface area contributed by atoms with Crippen LogP contribution in [0.5, 0.6) is 0 Å². The van der Waals surface area contributed by atoms with Crippen LogP contribution < -0.4 is 10.6 Å². The Kier molecular flexibility index (Phi) is 3.68. The molecule has 1 aromatic rings. The van der Waals surface area contributed by atoms with Gasteiger partial charge in [0.25, 0.3) is 0 Å². The molecule has 4 N–H and O–H groups in total. The molecule has 0 fully saturated rings. The van der Waals surface area contributed by atoms with Gasteiger partial charge in [-0.25, -0.2) is 0 Å². The average Bonchev–Trinajstić information content (AvgIpc) is 2.21. The van der Waals surface area contributed by atoms with Crippen molar-refractivity contribution in [2.24, 2.45) is 10.8 Å². The van der Waals surface area contributed by atoms with Crippen LogP contribution in [0.3, 0.4) is 0 Å². The molecule has 0 spiro atoms. The van der Waals surface area contributed by atoms with Gasteiger partial charge < -0.3 is 10.8 Å². The Hall–Kier alpha value is -2.04. The minimum Gasteiger partial charge on any atom is -0.480 e. The Labute approximate surface area is 86.0 Å². The molecule has 0 heterocycles. The zero-order valence-electron chi connectivity index (χ0n) is 7.92. The van der Waals surface area contributed by atoms with Gasteiger partial charge in [0.2, 0.25) is 4.91 Å². The fourth-order valence-corrected chi connectivity index (χ4v) is 1.10. The highest BCUT2D eigenvalue weighted by atomic mass is 16.4. The first-order valence-electron chi connectivity index (χ1n) is 4.28. The van der Waals surface area contributed by atoms with Crippen LogP contribution in [-0.2, 0) is 11.2 Å². The predicted molar refractivity (Wildman–Crippen MR) is 52.7 cm³/mol. The van der Waals surface area contributed by atoms with Gasteiger partial charge >= 0.3 is 5.97 Å². The first-order valence-corrected chi connectivity index (χ1v) is 4.28. The number of benzene rings is 1. The lowest BCUT2D eigenvalue weighted by molar-refractivity contribution is -0.138. The Bertz CT molecular complexity index is 395. The number of nitrogens with zero attached hydrogens (tertiary/aromatic N) is 2. The van der Waals surface area contributed by atoms with E-state index in [1.165, 1.54) is 0 Å². The van der Waals surface area contributed by atoms with E-state index in [4.69, 9.17) is 16.4 Å². The third-order valence-corrected chi connectivity index (χ3v) is 1.87. The second kappa shape index (κ2) is 4.99. The maximum atomic E-state index is 10.5. The molecule has 0 aliphatic rings. The Morgan fingerprint density at radius 3 is 2.60 bits per heavy atom. The summed E-state index contributed by atoms with van der Waals surface area (Å²) >= 11 is 0. The molecule has 0 radical (unpaired) electrons. The number of carbonyl (C=O) groups is 1. The van der Waals surface area contributed by atoms with Crippen molar-refractivity contribution in [2.45, 2.75) is 12.5 Å². The van der Waals surface area contributed by atoms with E-state index in [0.717, 1.165) is 5.56 Å². The number of nitrogens with one attached hydrogen (secondary N) is 1. The number of aliphatic carboxylic acids is 1. The molecule has 15 heavy (non-hydrogen) atoms. The minimum absolute atomic E-state index is 0.271. The molecule has 6 heteroatoms. The molecule has 0 saturated carbocycles. The number of nitrogens with two attached hydrogens (primary N) is 1. The molecule has 0 amide bonds. The van der Waals surface area contributed by atoms with Crippen LogP contribution in [0.15, 0.2) is 29.4 Å². The summed E-state index contributed by atoms with van der Waals surface area (Å²) in [6.07, 6.45) is 0.271. The zero-order valence-corrected chi connectivity index (χ0v) is 7.92. The molecule has 78 valence electrons. The van der Waals surface area contributed by atoms with Crippen molar-refractivity contribution in [2.75, 3.05) is 0 Å². The second-order valence-corrected chi connectivity index (χ2v) is 3.02. The van der Waals surface area contributed by atoms with Gasteiger partial charge in [0.15, 0.2) is 10.8 Å². The third-order valence-electron chi connectivity index (χ3n) is 1.87. The van der Waals surface area contributed by atoms with Crippen LogP contribution in [0.1, 0.15) is 5.56 Å². The molecule has 1 rings (SSSR count). The van der Waals surface area contributed by atoms with Crippen molar-refractivity contribution in [3.63, 3.8) is 0 Å². The molecule has 0 saturated heterocycles. The summed E-state index contributed by atoms with van der Waals surface area (Å²) in [5.74, 6) is -1.02. The zero-order chi connectivity index (χ0) is 11.3. The van der Waals surface area contributed by atoms with Crippen molar-refractivity contribution >= 4 is 11.7 Å². The van der Waals surface area contributed by atoms with Gasteiger partial charge in [-0.2, -0.15) is 0 Å². The molecule has 0 aromatic heterocycles. The molecule has 0 unspecified atom stereocenters. The average molecular weight is 207 g/mol. The molecule has 1 aromatic carbocycles. The number of carboxylic acid groups (broad SMARTS) is 1. The summed E-state index contributed by atoms with van der Waals surface area (Å²) in [5.41, 5.74) is 13.3. The lowest BCUT2D eigenvalue weighted by atomic mass is 10.1. The quantitative estimate of drug-likeness (QED) is 0.501. The van der Waals surface area contributed by atoms with Gasteiger partial charge in [0, 0.05) is 0 Å². The maximum Gasteiger partial charge on any atom is 0.320 e. The number of hydrogen-bond acceptors (Lipinski definition) is 4. The summed E-state index contributed by atoms with van der Waals surface area (Å²) in [4.78, 5) is 13.4. The van der Waals surface area contributed by atoms with E-state index in [-0.39, 0.29) is 6.42 Å². The van der Waals surface area contributed by atoms with Crippen LogP contribution in [-0.4, -0.2) is 17.1 Å². The molecule has 0 aliphatic carbocycles. The first kappa shape index (κ1) is 11.0. The van der Waals surface area contributed by atoms with Crippen molar-refractivity contribution < 1.29 is 9.90 Å². The summed E-state index contributed by atoms with van der Waals surface area (Å²) in [7, 11) is 0. The molecular formula is C9H11N4O2+. The van der Waals surface area contributed by atoms with Gasteiger partial charge in [0.05, 0.1) is 0 Å². The predicted octanol–water partition coefficient (Wildman–Crippen LogP) is 0.823. The Morgan fingerprint density at radius 2 is 2.13 bits per heavy atom. The Morgan fingerprint density at radius 1 is 1.53 bits per heavy atom. The standard InChI is InChI=1S/C9H10N4O2/c10-8(9(14)15)5-6-1-3-7(4-2-6)12-13-11/h1-4,8,11H,5,10H2/p+1/t8-/m0/s1. The molecular weight excluding hydrogens is 196 g/mol. The van der Waals surface area contributed by atoms with Gasteiger partial charge in [-0.15, -0.1) is 0 Å². The SMILES string of the molecule is N=[N+]=Nc1ccc(C[C@H](N)C(=O)O)cc1. The van der Waals surface area contributed by atoms with Crippen molar-refractivity contribution in [1.82, 2.24) is 4.91 Å². The first-order chi connectivity index (χ1) is 7.13. The van der Waals surface area contributed by atoms with Crippen LogP contribution >= 0.6 is 0 Å². The van der Waals surface area contributed by atoms with Gasteiger partial charge in [-0.05, 0) is 24.1 Å². The van der Waals surface area contributed by atoms with E-state index in [9.17, 15) is 4.79 Å². The lowest BCUT2D eigenvalue weighted by Crippen LogP contribution is -2.32. The number of carboxylic acids is 1. The molecule has 0 bridgehead atoms. The van der Waals surface area contributed by atoms with Crippen LogP contribution in [0.2, 0.25) is 0 Å². The maximum absolute atomic E-state index is 10.5. The lowest BCUT2D eigenvalue weighted by Gasteiger charge is -2.05. The van der Waals surface area contributed by atoms with Gasteiger partial charge in [-0.1, -0.05) is 12.1 Å². The van der Waals surface area contributed by atoms with Crippen molar-refractivity contribution in [3.8, 4) is 0 Å². The van der Waals surface area contributed by atoms with Crippen molar-refractivity contribution in [1.29, 1.82) is 5.53 Å². The normalized spacial score (nSPS) is 11.5. The summed E-state index contributed by atoms with van der Waals surface area (Å²) in [5, 5.41) is 12.1. The summed E-state index contributed by atoms with van der Waals surface area (Å²) in [6, 6.07) is 5.84. The summed E-state index contributed by atoms with van der Waals surface area (Å²) < 4.78 is 0. The second-order valence-electron chi connectivity index (χ2n) is 3.02. The minimum atomic E-state index is -1.02. The molecule has 1 atom stereocenters. The van der Waals surface area contributed by atoms with E-state index < -0.39 is 12.0 Å². The highest BCUT2D eigenvalue weighted by molar-refractivity contribution is 5.73. The highest BCUT2D eigenvalue weighted by Crippen LogP contribution is 2.12. The van der Waals surface area contributed by atoms with E-state index in [0.29, 0.717) is 5.69 Å². The number of hydrogen-bond donors (Lipinski definition) is 3. The fraction of sp³-hybridized carbons (Fsp3) is 0.222. The fourth-order valence-electron chi connectivity index (χ4n) is 1.10. The smallest absolute Gasteiger partial charge is 0.320 e. The van der Waals surface area contributed by atoms with E-state index in [1.807, 2.05) is 0 Å².